The molecule has 0 amide bonds. The van der Waals surface area contributed by atoms with Gasteiger partial charge in [0.2, 0.25) is 0 Å². The molecule has 3 heterocycles. The number of fused-ring (bicyclic) bond motifs is 5. The highest BCUT2D eigenvalue weighted by Gasteiger charge is 2.38. The molecule has 4 aromatic rings. The molecular formula is C19H13F3N6. The summed E-state index contributed by atoms with van der Waals surface area (Å²) in [7, 11) is 0. The third kappa shape index (κ3) is 2.37. The molecule has 1 aliphatic carbocycles. The van der Waals surface area contributed by atoms with Crippen LogP contribution < -0.4 is 0 Å². The van der Waals surface area contributed by atoms with Crippen LogP contribution in [0.25, 0.3) is 33.1 Å². The van der Waals surface area contributed by atoms with E-state index in [0.717, 1.165) is 21.9 Å². The molecule has 0 spiro atoms. The maximum Gasteiger partial charge on any atom is 0.435 e. The van der Waals surface area contributed by atoms with Gasteiger partial charge in [0.05, 0.1) is 40.5 Å². The van der Waals surface area contributed by atoms with Crippen molar-refractivity contribution in [3.05, 3.63) is 41.3 Å². The third-order valence-corrected chi connectivity index (χ3v) is 5.33. The second-order valence-electron chi connectivity index (χ2n) is 6.92. The number of benzene rings is 1. The topological polar surface area (TPSA) is 94.0 Å². The average Bonchev–Trinajstić information content (AvgIpc) is 3.35. The number of aryl methyl sites for hydroxylation is 1. The number of aromatic amines is 2. The molecular weight excluding hydrogens is 369 g/mol. The predicted molar refractivity (Wildman–Crippen MR) is 95.1 cm³/mol. The van der Waals surface area contributed by atoms with E-state index in [2.05, 4.69) is 31.4 Å². The van der Waals surface area contributed by atoms with Crippen molar-refractivity contribution in [1.82, 2.24) is 25.4 Å². The highest BCUT2D eigenvalue weighted by molar-refractivity contribution is 6.07. The molecule has 2 N–H and O–H groups in total. The van der Waals surface area contributed by atoms with E-state index >= 15 is 0 Å². The van der Waals surface area contributed by atoms with Crippen LogP contribution in [0.5, 0.6) is 0 Å². The van der Waals surface area contributed by atoms with E-state index in [-0.39, 0.29) is 17.2 Å². The Labute approximate surface area is 156 Å². The number of nitriles is 1. The van der Waals surface area contributed by atoms with E-state index < -0.39 is 11.9 Å². The maximum atomic E-state index is 13.4. The van der Waals surface area contributed by atoms with Crippen LogP contribution in [0.2, 0.25) is 0 Å². The average molecular weight is 382 g/mol. The Kier molecular flexibility index (Phi) is 3.46. The highest BCUT2D eigenvalue weighted by atomic mass is 19.4. The molecule has 0 fully saturated rings. The van der Waals surface area contributed by atoms with Gasteiger partial charge in [-0.25, -0.2) is 4.98 Å². The van der Waals surface area contributed by atoms with Crippen LogP contribution >= 0.6 is 0 Å². The van der Waals surface area contributed by atoms with Crippen LogP contribution in [-0.2, 0) is 19.0 Å². The first-order valence-electron chi connectivity index (χ1n) is 8.76. The van der Waals surface area contributed by atoms with E-state index in [1.165, 1.54) is 6.20 Å². The normalized spacial score (nSPS) is 17.0. The monoisotopic (exact) mass is 382 g/mol. The smallest absolute Gasteiger partial charge is 0.284 e. The van der Waals surface area contributed by atoms with E-state index in [1.54, 1.807) is 12.3 Å². The van der Waals surface area contributed by atoms with Gasteiger partial charge < -0.3 is 0 Å². The van der Waals surface area contributed by atoms with Crippen molar-refractivity contribution in [3.8, 4) is 17.3 Å². The molecule has 9 heteroatoms. The number of nitrogens with zero attached hydrogens (tertiary/aromatic N) is 4. The Morgan fingerprint density at radius 3 is 2.86 bits per heavy atom. The largest absolute Gasteiger partial charge is 0.435 e. The third-order valence-electron chi connectivity index (χ3n) is 5.33. The zero-order valence-electron chi connectivity index (χ0n) is 14.4. The fourth-order valence-corrected chi connectivity index (χ4v) is 4.08. The minimum atomic E-state index is -4.60. The van der Waals surface area contributed by atoms with Gasteiger partial charge in [-0.05, 0) is 42.5 Å². The van der Waals surface area contributed by atoms with Crippen molar-refractivity contribution in [3.63, 3.8) is 0 Å². The molecule has 140 valence electrons. The lowest BCUT2D eigenvalue weighted by Crippen LogP contribution is -2.16. The summed E-state index contributed by atoms with van der Waals surface area (Å²) < 4.78 is 40.3. The van der Waals surface area contributed by atoms with Crippen LogP contribution in [-0.4, -0.2) is 25.4 Å². The van der Waals surface area contributed by atoms with Gasteiger partial charge in [0.1, 0.15) is 0 Å². The summed E-state index contributed by atoms with van der Waals surface area (Å²) in [6.45, 7) is 0. The molecule has 6 nitrogen and oxygen atoms in total. The fourth-order valence-electron chi connectivity index (χ4n) is 4.08. The molecule has 1 aromatic carbocycles. The summed E-state index contributed by atoms with van der Waals surface area (Å²) in [5.74, 6) is -0.254. The van der Waals surface area contributed by atoms with Gasteiger partial charge in [-0.1, -0.05) is 0 Å². The molecule has 1 unspecified atom stereocenters. The van der Waals surface area contributed by atoms with Gasteiger partial charge in [-0.15, -0.1) is 0 Å². The van der Waals surface area contributed by atoms with Crippen LogP contribution in [0, 0.1) is 17.2 Å². The Balaban J connectivity index is 1.87. The lowest BCUT2D eigenvalue weighted by atomic mass is 9.80. The lowest BCUT2D eigenvalue weighted by Gasteiger charge is -2.24. The minimum absolute atomic E-state index is 0.0865. The van der Waals surface area contributed by atoms with Gasteiger partial charge in [0.25, 0.3) is 0 Å². The Morgan fingerprint density at radius 2 is 2.07 bits per heavy atom. The van der Waals surface area contributed by atoms with E-state index in [4.69, 9.17) is 0 Å². The Bertz CT molecular complexity index is 1260. The summed E-state index contributed by atoms with van der Waals surface area (Å²) in [6.07, 6.45) is -0.0489. The first-order valence-corrected chi connectivity index (χ1v) is 8.76. The number of aromatic nitrogens is 5. The van der Waals surface area contributed by atoms with Gasteiger partial charge in [0, 0.05) is 17.0 Å². The predicted octanol–water partition coefficient (Wildman–Crippen LogP) is 4.15. The number of nitrogens with one attached hydrogen (secondary N) is 2. The van der Waals surface area contributed by atoms with Crippen molar-refractivity contribution in [2.45, 2.75) is 25.4 Å². The van der Waals surface area contributed by atoms with Crippen LogP contribution in [0.1, 0.15) is 23.2 Å². The number of H-pyrrole nitrogens is 2. The quantitative estimate of drug-likeness (QED) is 0.517. The van der Waals surface area contributed by atoms with E-state index in [9.17, 15) is 18.4 Å². The molecule has 0 saturated carbocycles. The molecule has 0 saturated heterocycles. The van der Waals surface area contributed by atoms with E-state index in [0.29, 0.717) is 30.3 Å². The highest BCUT2D eigenvalue weighted by Crippen LogP contribution is 2.42. The van der Waals surface area contributed by atoms with Crippen LogP contribution in [0.15, 0.2) is 24.5 Å². The maximum absolute atomic E-state index is 13.4. The Morgan fingerprint density at radius 1 is 1.21 bits per heavy atom. The van der Waals surface area contributed by atoms with Crippen molar-refractivity contribution < 1.29 is 13.2 Å². The van der Waals surface area contributed by atoms with Gasteiger partial charge in [0.15, 0.2) is 5.69 Å². The number of rotatable bonds is 1. The standard InChI is InChI=1S/C19H13F3N6/c20-19(21,22)18-13(8-25-28-18)17-11-5-9(6-23)1-2-10(11)16-12-7-24-27-14(12)3-4-15(16)26-17/h3-4,7-9H,1-2,5H2,(H,24,27)(H,25,28). The first-order chi connectivity index (χ1) is 13.5. The zero-order valence-corrected chi connectivity index (χ0v) is 14.4. The van der Waals surface area contributed by atoms with Crippen molar-refractivity contribution in [2.75, 3.05) is 0 Å². The van der Waals surface area contributed by atoms with Gasteiger partial charge in [-0.3, -0.25) is 10.2 Å². The van der Waals surface area contributed by atoms with E-state index in [1.807, 2.05) is 6.07 Å². The minimum Gasteiger partial charge on any atom is -0.284 e. The Hall–Kier alpha value is -3.41. The number of halogens is 3. The molecule has 0 bridgehead atoms. The van der Waals surface area contributed by atoms with Crippen molar-refractivity contribution in [1.29, 1.82) is 5.26 Å². The lowest BCUT2D eigenvalue weighted by molar-refractivity contribution is -0.140. The van der Waals surface area contributed by atoms with Gasteiger partial charge in [-0.2, -0.15) is 28.6 Å². The summed E-state index contributed by atoms with van der Waals surface area (Å²) in [4.78, 5) is 4.59. The first kappa shape index (κ1) is 16.7. The molecule has 3 aromatic heterocycles. The molecule has 0 aliphatic heterocycles. The van der Waals surface area contributed by atoms with Crippen LogP contribution in [0.4, 0.5) is 13.2 Å². The number of pyridine rings is 1. The zero-order chi connectivity index (χ0) is 19.5. The summed E-state index contributed by atoms with van der Waals surface area (Å²) in [6, 6.07) is 5.85. The summed E-state index contributed by atoms with van der Waals surface area (Å²) in [5, 5.41) is 23.9. The summed E-state index contributed by atoms with van der Waals surface area (Å²) >= 11 is 0. The number of hydrogen-bond donors (Lipinski definition) is 2. The van der Waals surface area contributed by atoms with Crippen molar-refractivity contribution >= 4 is 21.8 Å². The number of hydrogen-bond acceptors (Lipinski definition) is 4. The molecule has 5 rings (SSSR count). The van der Waals surface area contributed by atoms with Crippen LogP contribution in [0.3, 0.4) is 0 Å². The fraction of sp³-hybridized carbons (Fsp3) is 0.263. The molecule has 1 aliphatic rings. The molecule has 28 heavy (non-hydrogen) atoms. The molecule has 0 radical (unpaired) electrons. The summed E-state index contributed by atoms with van der Waals surface area (Å²) in [5.41, 5.74) is 2.23. The second kappa shape index (κ2) is 5.79. The van der Waals surface area contributed by atoms with Gasteiger partial charge >= 0.3 is 6.18 Å². The molecule has 1 atom stereocenters. The SMILES string of the molecule is N#CC1CCc2c(c(-c3c[nH]nc3C(F)(F)F)nc3ccc4[nH]ncc4c23)C1. The second-order valence-corrected chi connectivity index (χ2v) is 6.92. The van der Waals surface area contributed by atoms with Crippen molar-refractivity contribution in [2.24, 2.45) is 5.92 Å². The number of alkyl halides is 3.